The van der Waals surface area contributed by atoms with Gasteiger partial charge in [-0.2, -0.15) is 0 Å². The molecule has 0 spiro atoms. The Hall–Kier alpha value is -0.978. The third kappa shape index (κ3) is 2.09. The molecule has 3 nitrogen and oxygen atoms in total. The highest BCUT2D eigenvalue weighted by atomic mass is 27.0. The Balaban J connectivity index is 2.21. The van der Waals surface area contributed by atoms with Crippen molar-refractivity contribution in [2.24, 2.45) is 0 Å². The first-order valence-corrected chi connectivity index (χ1v) is 5.04. The van der Waals surface area contributed by atoms with Crippen molar-refractivity contribution in [3.63, 3.8) is 0 Å². The molecule has 1 saturated carbocycles. The Morgan fingerprint density at radius 3 is 2.71 bits per heavy atom. The minimum Gasteiger partial charge on any atom is -0.492 e. The summed E-state index contributed by atoms with van der Waals surface area (Å²) >= 11 is 2.50. The fraction of sp³-hybridized carbons (Fsp3) is 0.300. The normalized spacial score (nSPS) is 15.1. The molecule has 1 aromatic rings. The number of carboxylic acids is 1. The second kappa shape index (κ2) is 3.64. The van der Waals surface area contributed by atoms with Gasteiger partial charge in [0.15, 0.2) is 16.3 Å². The van der Waals surface area contributed by atoms with Crippen LogP contribution in [0, 0.1) is 0 Å². The van der Waals surface area contributed by atoms with Gasteiger partial charge in [0.25, 0.3) is 0 Å². The molecule has 0 saturated heterocycles. The van der Waals surface area contributed by atoms with Crippen molar-refractivity contribution in [1.29, 1.82) is 0 Å². The van der Waals surface area contributed by atoms with Gasteiger partial charge in [-0.15, -0.1) is 0 Å². The van der Waals surface area contributed by atoms with E-state index in [0.717, 1.165) is 23.0 Å². The molecular weight excluding hydrogens is 195 g/mol. The highest BCUT2D eigenvalue weighted by Gasteiger charge is 2.23. The second-order valence-electron chi connectivity index (χ2n) is 3.37. The summed E-state index contributed by atoms with van der Waals surface area (Å²) in [6, 6.07) is 4.88. The standard InChI is InChI=1S/C10H9O3.Al/c11-10(12)7-1-3-8(4-2-7)13-9-5-6-9;/h1-3,9H,5-6H2,(H,11,12);. The van der Waals surface area contributed by atoms with E-state index in [1.54, 1.807) is 18.2 Å². The van der Waals surface area contributed by atoms with E-state index in [-0.39, 0.29) is 5.56 Å². The predicted octanol–water partition coefficient (Wildman–Crippen LogP) is 0.720. The maximum absolute atomic E-state index is 10.6. The van der Waals surface area contributed by atoms with E-state index in [9.17, 15) is 4.79 Å². The first-order valence-electron chi connectivity index (χ1n) is 4.46. The number of benzene rings is 1. The highest BCUT2D eigenvalue weighted by Crippen LogP contribution is 2.25. The SMILES string of the molecule is O=C(O)c1ccc(OC2CC2)[c]([Al])c1. The van der Waals surface area contributed by atoms with E-state index in [2.05, 4.69) is 16.3 Å². The maximum atomic E-state index is 10.6. The van der Waals surface area contributed by atoms with Gasteiger partial charge >= 0.3 is 5.97 Å². The zero-order chi connectivity index (χ0) is 10.1. The van der Waals surface area contributed by atoms with Crippen LogP contribution in [0.25, 0.3) is 0 Å². The summed E-state index contributed by atoms with van der Waals surface area (Å²) in [5.41, 5.74) is 0.290. The Morgan fingerprint density at radius 2 is 2.21 bits per heavy atom. The van der Waals surface area contributed by atoms with Crippen LogP contribution in [-0.4, -0.2) is 33.5 Å². The molecule has 1 aliphatic rings. The van der Waals surface area contributed by atoms with Gasteiger partial charge in [0.2, 0.25) is 0 Å². The second-order valence-corrected chi connectivity index (χ2v) is 4.00. The molecule has 0 bridgehead atoms. The van der Waals surface area contributed by atoms with Gasteiger partial charge in [0.05, 0.1) is 11.7 Å². The monoisotopic (exact) mass is 204 g/mol. The van der Waals surface area contributed by atoms with Crippen LogP contribution in [0.1, 0.15) is 23.2 Å². The Kier molecular flexibility index (Phi) is 2.49. The van der Waals surface area contributed by atoms with Crippen molar-refractivity contribution in [1.82, 2.24) is 0 Å². The van der Waals surface area contributed by atoms with E-state index < -0.39 is 5.97 Å². The van der Waals surface area contributed by atoms with E-state index in [0.29, 0.717) is 6.10 Å². The summed E-state index contributed by atoms with van der Waals surface area (Å²) in [4.78, 5) is 10.6. The van der Waals surface area contributed by atoms with Crippen molar-refractivity contribution >= 4 is 26.7 Å². The molecule has 0 unspecified atom stereocenters. The number of aromatic carboxylic acids is 1. The fourth-order valence-corrected chi connectivity index (χ4v) is 1.50. The van der Waals surface area contributed by atoms with Crippen LogP contribution in [-0.2, 0) is 0 Å². The van der Waals surface area contributed by atoms with E-state index in [4.69, 9.17) is 9.84 Å². The third-order valence-corrected chi connectivity index (χ3v) is 2.53. The molecule has 1 aromatic carbocycles. The molecule has 1 fully saturated rings. The molecule has 0 aliphatic heterocycles. The van der Waals surface area contributed by atoms with E-state index >= 15 is 0 Å². The molecule has 0 aromatic heterocycles. The molecule has 0 atom stereocenters. The summed E-state index contributed by atoms with van der Waals surface area (Å²) in [7, 11) is 0. The van der Waals surface area contributed by atoms with Crippen molar-refractivity contribution in [2.75, 3.05) is 0 Å². The largest absolute Gasteiger partial charge is 0.492 e. The first kappa shape index (κ1) is 9.57. The molecule has 70 valence electrons. The van der Waals surface area contributed by atoms with Gasteiger partial charge in [-0.25, -0.2) is 4.79 Å². The zero-order valence-corrected chi connectivity index (χ0v) is 8.72. The van der Waals surface area contributed by atoms with Crippen molar-refractivity contribution in [3.8, 4) is 5.75 Å². The van der Waals surface area contributed by atoms with Crippen LogP contribution in [0.15, 0.2) is 18.2 Å². The van der Waals surface area contributed by atoms with Gasteiger partial charge in [0, 0.05) is 0 Å². The van der Waals surface area contributed by atoms with Crippen molar-refractivity contribution in [2.45, 2.75) is 18.9 Å². The number of carboxylic acid groups (broad SMARTS) is 1. The Bertz CT molecular complexity index is 372. The molecule has 1 N–H and O–H groups in total. The predicted molar refractivity (Wildman–Crippen MR) is 52.4 cm³/mol. The first-order chi connectivity index (χ1) is 6.66. The van der Waals surface area contributed by atoms with Crippen molar-refractivity contribution in [3.05, 3.63) is 23.8 Å². The third-order valence-electron chi connectivity index (χ3n) is 2.07. The number of hydrogen-bond donors (Lipinski definition) is 1. The fourth-order valence-electron chi connectivity index (χ4n) is 1.15. The smallest absolute Gasteiger partial charge is 0.335 e. The average molecular weight is 204 g/mol. The Labute approximate surface area is 90.1 Å². The van der Waals surface area contributed by atoms with Crippen LogP contribution in [0.2, 0.25) is 0 Å². The lowest BCUT2D eigenvalue weighted by Crippen LogP contribution is -2.13. The molecule has 1 aliphatic carbocycles. The topological polar surface area (TPSA) is 46.5 Å². The maximum Gasteiger partial charge on any atom is 0.335 e. The summed E-state index contributed by atoms with van der Waals surface area (Å²) in [6.45, 7) is 0. The highest BCUT2D eigenvalue weighted by molar-refractivity contribution is 6.34. The zero-order valence-electron chi connectivity index (χ0n) is 7.56. The molecule has 4 heteroatoms. The lowest BCUT2D eigenvalue weighted by atomic mass is 10.2. The summed E-state index contributed by atoms with van der Waals surface area (Å²) < 4.78 is 6.38. The molecule has 14 heavy (non-hydrogen) atoms. The summed E-state index contributed by atoms with van der Waals surface area (Å²) in [6.07, 6.45) is 2.54. The number of hydrogen-bond acceptors (Lipinski definition) is 2. The van der Waals surface area contributed by atoms with E-state index in [1.807, 2.05) is 0 Å². The number of ether oxygens (including phenoxy) is 1. The number of carbonyl (C=O) groups is 1. The average Bonchev–Trinajstić information content (AvgIpc) is 2.92. The van der Waals surface area contributed by atoms with Crippen LogP contribution in [0.3, 0.4) is 0 Å². The lowest BCUT2D eigenvalue weighted by Gasteiger charge is -2.09. The molecule has 2 rings (SSSR count). The van der Waals surface area contributed by atoms with E-state index in [1.165, 1.54) is 0 Å². The lowest BCUT2D eigenvalue weighted by molar-refractivity contribution is 0.0697. The van der Waals surface area contributed by atoms with Gasteiger partial charge in [-0.05, 0) is 25.0 Å². The van der Waals surface area contributed by atoms with Gasteiger partial charge < -0.3 is 9.84 Å². The molecular formula is C10H9AlO3. The molecule has 0 heterocycles. The minimum absolute atomic E-state index is 0.290. The summed E-state index contributed by atoms with van der Waals surface area (Å²) in [5.74, 6) is -0.144. The minimum atomic E-state index is -0.910. The van der Waals surface area contributed by atoms with Crippen LogP contribution < -0.4 is 9.16 Å². The van der Waals surface area contributed by atoms with Crippen molar-refractivity contribution < 1.29 is 14.6 Å². The van der Waals surface area contributed by atoms with Crippen LogP contribution in [0.4, 0.5) is 0 Å². The van der Waals surface area contributed by atoms with Gasteiger partial charge in [0.1, 0.15) is 5.75 Å². The van der Waals surface area contributed by atoms with Crippen LogP contribution >= 0.6 is 0 Å². The van der Waals surface area contributed by atoms with Gasteiger partial charge in [-0.1, -0.05) is 10.5 Å². The summed E-state index contributed by atoms with van der Waals surface area (Å²) in [5, 5.41) is 8.74. The molecule has 2 radical (unpaired) electrons. The van der Waals surface area contributed by atoms with Crippen LogP contribution in [0.5, 0.6) is 5.75 Å². The number of rotatable bonds is 3. The molecule has 0 amide bonds. The quantitative estimate of drug-likeness (QED) is 0.738. The van der Waals surface area contributed by atoms with Gasteiger partial charge in [-0.3, -0.25) is 0 Å². The Morgan fingerprint density at radius 1 is 1.50 bits per heavy atom.